The van der Waals surface area contributed by atoms with E-state index in [4.69, 9.17) is 22.1 Å². The number of nitrogens with two attached hydrogens (primary N) is 1. The van der Waals surface area contributed by atoms with Gasteiger partial charge in [0.25, 0.3) is 0 Å². The van der Waals surface area contributed by atoms with Crippen LogP contribution in [0.4, 0.5) is 11.4 Å². The summed E-state index contributed by atoms with van der Waals surface area (Å²) >= 11 is 5.71. The van der Waals surface area contributed by atoms with Gasteiger partial charge in [0.1, 0.15) is 0 Å². The molecule has 0 aromatic heterocycles. The summed E-state index contributed by atoms with van der Waals surface area (Å²) < 4.78 is 30.6. The van der Waals surface area contributed by atoms with E-state index in [1.54, 1.807) is 13.0 Å². The topological polar surface area (TPSA) is 81.4 Å². The normalized spacial score (nSPS) is 11.4. The van der Waals surface area contributed by atoms with E-state index in [-0.39, 0.29) is 18.0 Å². The van der Waals surface area contributed by atoms with Crippen molar-refractivity contribution in [1.82, 2.24) is 0 Å². The van der Waals surface area contributed by atoms with Crippen molar-refractivity contribution >= 4 is 33.0 Å². The van der Waals surface area contributed by atoms with Crippen LogP contribution in [0.1, 0.15) is 6.92 Å². The maximum atomic E-state index is 11.6. The Morgan fingerprint density at radius 3 is 2.76 bits per heavy atom. The first kappa shape index (κ1) is 14.1. The van der Waals surface area contributed by atoms with Crippen LogP contribution < -0.4 is 10.5 Å². The Balaban J connectivity index is 2.69. The smallest absolute Gasteiger partial charge is 0.235 e. The van der Waals surface area contributed by atoms with Crippen molar-refractivity contribution in [2.45, 2.75) is 6.92 Å². The summed E-state index contributed by atoms with van der Waals surface area (Å²) in [6, 6.07) is 4.58. The first-order chi connectivity index (χ1) is 7.94. The third-order valence-corrected chi connectivity index (χ3v) is 3.45. The van der Waals surface area contributed by atoms with Gasteiger partial charge in [-0.05, 0) is 25.1 Å². The molecule has 7 heteroatoms. The van der Waals surface area contributed by atoms with Crippen LogP contribution in [0.2, 0.25) is 5.02 Å². The maximum Gasteiger partial charge on any atom is 0.235 e. The highest BCUT2D eigenvalue weighted by Gasteiger charge is 2.12. The van der Waals surface area contributed by atoms with Crippen molar-refractivity contribution in [3.63, 3.8) is 0 Å². The van der Waals surface area contributed by atoms with Crippen molar-refractivity contribution < 1.29 is 13.2 Å². The highest BCUT2D eigenvalue weighted by atomic mass is 35.5. The molecule has 0 heterocycles. The van der Waals surface area contributed by atoms with E-state index in [9.17, 15) is 8.42 Å². The summed E-state index contributed by atoms with van der Waals surface area (Å²) in [6.45, 7) is 2.44. The minimum Gasteiger partial charge on any atom is -0.397 e. The van der Waals surface area contributed by atoms with Crippen LogP contribution in [0.3, 0.4) is 0 Å². The molecule has 1 aromatic rings. The fourth-order valence-electron chi connectivity index (χ4n) is 1.16. The largest absolute Gasteiger partial charge is 0.397 e. The number of sulfonamides is 1. The molecule has 5 nitrogen and oxygen atoms in total. The number of ether oxygens (including phenoxy) is 1. The number of hydrogen-bond acceptors (Lipinski definition) is 4. The molecule has 1 rings (SSSR count). The standard InChI is InChI=1S/C10H15ClN2O3S/c1-2-16-5-6-17(14,15)13-10-4-3-8(11)7-9(10)12/h3-4,7,13H,2,5-6,12H2,1H3. The quantitative estimate of drug-likeness (QED) is 0.613. The molecule has 0 fully saturated rings. The number of halogens is 1. The van der Waals surface area contributed by atoms with E-state index in [1.807, 2.05) is 0 Å². The van der Waals surface area contributed by atoms with Gasteiger partial charge in [0.15, 0.2) is 0 Å². The Bertz CT molecular complexity index is 476. The molecular formula is C10H15ClN2O3S. The minimum absolute atomic E-state index is 0.108. The van der Waals surface area contributed by atoms with Crippen LogP contribution in [-0.4, -0.2) is 27.4 Å². The number of rotatable bonds is 6. The lowest BCUT2D eigenvalue weighted by Gasteiger charge is -2.10. The molecule has 0 radical (unpaired) electrons. The second-order valence-electron chi connectivity index (χ2n) is 3.35. The molecule has 0 aliphatic rings. The van der Waals surface area contributed by atoms with Crippen LogP contribution >= 0.6 is 11.6 Å². The van der Waals surface area contributed by atoms with Crippen LogP contribution in [0.5, 0.6) is 0 Å². The summed E-state index contributed by atoms with van der Waals surface area (Å²) in [7, 11) is -3.44. The SMILES string of the molecule is CCOCCS(=O)(=O)Nc1ccc(Cl)cc1N. The van der Waals surface area contributed by atoms with E-state index in [2.05, 4.69) is 4.72 Å². The minimum atomic E-state index is -3.44. The lowest BCUT2D eigenvalue weighted by molar-refractivity contribution is 0.163. The molecule has 0 amide bonds. The Morgan fingerprint density at radius 2 is 2.18 bits per heavy atom. The molecule has 0 atom stereocenters. The van der Waals surface area contributed by atoms with Crippen LogP contribution in [0, 0.1) is 0 Å². The Labute approximate surface area is 106 Å². The predicted molar refractivity (Wildman–Crippen MR) is 69.8 cm³/mol. The third-order valence-electron chi connectivity index (χ3n) is 1.98. The first-order valence-electron chi connectivity index (χ1n) is 5.08. The Hall–Kier alpha value is -0.980. The van der Waals surface area contributed by atoms with Gasteiger partial charge in [-0.15, -0.1) is 0 Å². The summed E-state index contributed by atoms with van der Waals surface area (Å²) in [5.41, 5.74) is 6.26. The van der Waals surface area contributed by atoms with Crippen molar-refractivity contribution in [3.05, 3.63) is 23.2 Å². The summed E-state index contributed by atoms with van der Waals surface area (Å²) in [6.07, 6.45) is 0. The molecule has 0 unspecified atom stereocenters. The maximum absolute atomic E-state index is 11.6. The van der Waals surface area contributed by atoms with E-state index < -0.39 is 10.0 Å². The van der Waals surface area contributed by atoms with Crippen LogP contribution in [0.25, 0.3) is 0 Å². The molecule has 0 aliphatic carbocycles. The molecule has 17 heavy (non-hydrogen) atoms. The zero-order chi connectivity index (χ0) is 12.9. The molecule has 0 spiro atoms. The monoisotopic (exact) mass is 278 g/mol. The molecule has 0 aliphatic heterocycles. The van der Waals surface area contributed by atoms with Gasteiger partial charge < -0.3 is 10.5 Å². The van der Waals surface area contributed by atoms with Crippen molar-refractivity contribution in [1.29, 1.82) is 0 Å². The van der Waals surface area contributed by atoms with E-state index in [1.165, 1.54) is 12.1 Å². The van der Waals surface area contributed by atoms with Crippen molar-refractivity contribution in [2.24, 2.45) is 0 Å². The molecule has 0 saturated heterocycles. The zero-order valence-corrected chi connectivity index (χ0v) is 11.0. The summed E-state index contributed by atoms with van der Waals surface area (Å²) in [5, 5.41) is 0.458. The van der Waals surface area contributed by atoms with Crippen LogP contribution in [0.15, 0.2) is 18.2 Å². The number of hydrogen-bond donors (Lipinski definition) is 2. The van der Waals surface area contributed by atoms with Crippen molar-refractivity contribution in [2.75, 3.05) is 29.4 Å². The van der Waals surface area contributed by atoms with Gasteiger partial charge in [-0.3, -0.25) is 4.72 Å². The molecular weight excluding hydrogens is 264 g/mol. The molecule has 1 aromatic carbocycles. The first-order valence-corrected chi connectivity index (χ1v) is 7.11. The molecule has 96 valence electrons. The van der Waals surface area contributed by atoms with Gasteiger partial charge in [0.05, 0.1) is 23.7 Å². The van der Waals surface area contributed by atoms with Crippen LogP contribution in [-0.2, 0) is 14.8 Å². The molecule has 3 N–H and O–H groups in total. The van der Waals surface area contributed by atoms with E-state index in [0.717, 1.165) is 0 Å². The number of benzene rings is 1. The predicted octanol–water partition coefficient (Wildman–Crippen LogP) is 1.70. The lowest BCUT2D eigenvalue weighted by atomic mass is 10.3. The van der Waals surface area contributed by atoms with Gasteiger partial charge in [0, 0.05) is 11.6 Å². The fourth-order valence-corrected chi connectivity index (χ4v) is 2.30. The van der Waals surface area contributed by atoms with Gasteiger partial charge in [-0.25, -0.2) is 8.42 Å². The number of nitrogens with one attached hydrogen (secondary N) is 1. The second-order valence-corrected chi connectivity index (χ2v) is 5.63. The number of nitrogen functional groups attached to an aromatic ring is 1. The highest BCUT2D eigenvalue weighted by molar-refractivity contribution is 7.92. The number of anilines is 2. The van der Waals surface area contributed by atoms with Gasteiger partial charge in [-0.1, -0.05) is 11.6 Å². The molecule has 0 saturated carbocycles. The van der Waals surface area contributed by atoms with E-state index in [0.29, 0.717) is 17.3 Å². The Kier molecular flexibility index (Phi) is 5.04. The zero-order valence-electron chi connectivity index (χ0n) is 9.44. The fraction of sp³-hybridized carbons (Fsp3) is 0.400. The van der Waals surface area contributed by atoms with Gasteiger partial charge >= 0.3 is 0 Å². The Morgan fingerprint density at radius 1 is 1.47 bits per heavy atom. The average Bonchev–Trinajstić information content (AvgIpc) is 2.22. The second kappa shape index (κ2) is 6.09. The third kappa shape index (κ3) is 4.80. The lowest BCUT2D eigenvalue weighted by Crippen LogP contribution is -2.20. The van der Waals surface area contributed by atoms with Crippen molar-refractivity contribution in [3.8, 4) is 0 Å². The summed E-state index contributed by atoms with van der Waals surface area (Å²) in [4.78, 5) is 0. The van der Waals surface area contributed by atoms with E-state index >= 15 is 0 Å². The van der Waals surface area contributed by atoms with Gasteiger partial charge in [0.2, 0.25) is 10.0 Å². The van der Waals surface area contributed by atoms with Gasteiger partial charge in [-0.2, -0.15) is 0 Å². The summed E-state index contributed by atoms with van der Waals surface area (Å²) in [5.74, 6) is -0.108. The average molecular weight is 279 g/mol. The highest BCUT2D eigenvalue weighted by Crippen LogP contribution is 2.23. The molecule has 0 bridgehead atoms.